The minimum Gasteiger partial charge on any atom is -0.482 e. The first-order valence-electron chi connectivity index (χ1n) is 5.54. The van der Waals surface area contributed by atoms with Crippen LogP contribution in [0.25, 0.3) is 0 Å². The molecule has 0 fully saturated rings. The maximum Gasteiger partial charge on any atom is 0.264 e. The minimum absolute atomic E-state index is 0.0421. The van der Waals surface area contributed by atoms with Crippen molar-refractivity contribution >= 4 is 23.2 Å². The lowest BCUT2D eigenvalue weighted by Crippen LogP contribution is -2.36. The lowest BCUT2D eigenvalue weighted by molar-refractivity contribution is -0.121. The molecule has 1 aliphatic rings. The Bertz CT molecular complexity index is 501. The van der Waals surface area contributed by atoms with Crippen molar-refractivity contribution in [1.82, 2.24) is 0 Å². The molecule has 96 valence electrons. The number of likely N-dealkylation sites (N-methyl/N-ethyl adjacent to an activating group) is 2. The molecule has 0 saturated carbocycles. The number of carbonyl (C=O) groups excluding carboxylic acids is 2. The molecule has 0 aliphatic carbocycles. The molecule has 0 aromatic heterocycles. The summed E-state index contributed by atoms with van der Waals surface area (Å²) < 4.78 is 5.31. The molecule has 2 N–H and O–H groups in total. The number of nitrogens with zero attached hydrogens (tertiary/aromatic N) is 2. The van der Waals surface area contributed by atoms with Crippen LogP contribution in [0.1, 0.15) is 0 Å². The van der Waals surface area contributed by atoms with Crippen LogP contribution in [0.2, 0.25) is 0 Å². The highest BCUT2D eigenvalue weighted by Gasteiger charge is 2.23. The second-order valence-corrected chi connectivity index (χ2v) is 4.05. The van der Waals surface area contributed by atoms with Crippen molar-refractivity contribution < 1.29 is 14.3 Å². The van der Waals surface area contributed by atoms with Gasteiger partial charge in [-0.1, -0.05) is 0 Å². The molecule has 0 spiro atoms. The Morgan fingerprint density at radius 2 is 2.28 bits per heavy atom. The van der Waals surface area contributed by atoms with E-state index in [1.807, 2.05) is 0 Å². The fourth-order valence-corrected chi connectivity index (χ4v) is 1.75. The molecule has 0 saturated heterocycles. The monoisotopic (exact) mass is 249 g/mol. The standard InChI is InChI=1S/C12H15N3O3/c1-14(11(16)6-13)8-3-4-10-9(5-8)15(2)12(17)7-18-10/h3-5H,6-7,13H2,1-2H3. The molecule has 1 heterocycles. The second-order valence-electron chi connectivity index (χ2n) is 4.05. The van der Waals surface area contributed by atoms with Gasteiger partial charge in [-0.2, -0.15) is 0 Å². The Labute approximate surface area is 105 Å². The van der Waals surface area contributed by atoms with Gasteiger partial charge in [0.1, 0.15) is 5.75 Å². The van der Waals surface area contributed by atoms with Crippen molar-refractivity contribution in [2.45, 2.75) is 0 Å². The van der Waals surface area contributed by atoms with Gasteiger partial charge in [0.2, 0.25) is 5.91 Å². The number of amides is 2. The molecule has 6 heteroatoms. The van der Waals surface area contributed by atoms with Gasteiger partial charge in [-0.15, -0.1) is 0 Å². The smallest absolute Gasteiger partial charge is 0.264 e. The van der Waals surface area contributed by atoms with Crippen molar-refractivity contribution in [3.8, 4) is 5.75 Å². The van der Waals surface area contributed by atoms with Crippen LogP contribution in [0, 0.1) is 0 Å². The molecule has 1 aliphatic heterocycles. The number of carbonyl (C=O) groups is 2. The van der Waals surface area contributed by atoms with Crippen LogP contribution in [0.4, 0.5) is 11.4 Å². The van der Waals surface area contributed by atoms with Crippen LogP contribution in [0.3, 0.4) is 0 Å². The Morgan fingerprint density at radius 1 is 1.56 bits per heavy atom. The van der Waals surface area contributed by atoms with E-state index in [-0.39, 0.29) is 25.0 Å². The number of anilines is 2. The minimum atomic E-state index is -0.194. The molecular formula is C12H15N3O3. The average Bonchev–Trinajstić information content (AvgIpc) is 2.41. The summed E-state index contributed by atoms with van der Waals surface area (Å²) in [5, 5.41) is 0. The quantitative estimate of drug-likeness (QED) is 0.798. The summed E-state index contributed by atoms with van der Waals surface area (Å²) in [7, 11) is 3.32. The highest BCUT2D eigenvalue weighted by atomic mass is 16.5. The van der Waals surface area contributed by atoms with Crippen molar-refractivity contribution in [3.63, 3.8) is 0 Å². The van der Waals surface area contributed by atoms with Gasteiger partial charge < -0.3 is 20.3 Å². The van der Waals surface area contributed by atoms with E-state index in [4.69, 9.17) is 10.5 Å². The van der Waals surface area contributed by atoms with Gasteiger partial charge in [-0.3, -0.25) is 9.59 Å². The number of hydrogen-bond donors (Lipinski definition) is 1. The van der Waals surface area contributed by atoms with Gasteiger partial charge in [0, 0.05) is 19.8 Å². The van der Waals surface area contributed by atoms with E-state index in [0.717, 1.165) is 0 Å². The summed E-state index contributed by atoms with van der Waals surface area (Å²) in [6, 6.07) is 5.24. The Morgan fingerprint density at radius 3 is 2.94 bits per heavy atom. The topological polar surface area (TPSA) is 75.9 Å². The first-order chi connectivity index (χ1) is 8.54. The highest BCUT2D eigenvalue weighted by molar-refractivity contribution is 5.99. The summed E-state index contributed by atoms with van der Waals surface area (Å²) in [5.74, 6) is 0.322. The summed E-state index contributed by atoms with van der Waals surface area (Å²) in [6.45, 7) is -0.0146. The molecule has 0 atom stereocenters. The number of ether oxygens (including phenoxy) is 1. The van der Waals surface area contributed by atoms with E-state index in [9.17, 15) is 9.59 Å². The van der Waals surface area contributed by atoms with Crippen molar-refractivity contribution in [2.75, 3.05) is 37.0 Å². The van der Waals surface area contributed by atoms with Gasteiger partial charge in [-0.05, 0) is 18.2 Å². The summed E-state index contributed by atoms with van der Waals surface area (Å²) in [5.41, 5.74) is 6.65. The van der Waals surface area contributed by atoms with Gasteiger partial charge in [0.15, 0.2) is 6.61 Å². The molecule has 1 aromatic carbocycles. The Balaban J connectivity index is 2.37. The zero-order chi connectivity index (χ0) is 13.3. The molecule has 0 bridgehead atoms. The maximum atomic E-state index is 11.5. The van der Waals surface area contributed by atoms with Gasteiger partial charge in [0.25, 0.3) is 5.91 Å². The first kappa shape index (κ1) is 12.4. The Hall–Kier alpha value is -2.08. The second kappa shape index (κ2) is 4.66. The van der Waals surface area contributed by atoms with E-state index in [1.54, 1.807) is 32.3 Å². The molecule has 2 rings (SSSR count). The average molecular weight is 249 g/mol. The highest BCUT2D eigenvalue weighted by Crippen LogP contribution is 2.34. The molecular weight excluding hydrogens is 234 g/mol. The van der Waals surface area contributed by atoms with Crippen molar-refractivity contribution in [2.24, 2.45) is 5.73 Å². The lowest BCUT2D eigenvalue weighted by atomic mass is 10.2. The van der Waals surface area contributed by atoms with E-state index < -0.39 is 0 Å². The number of hydrogen-bond acceptors (Lipinski definition) is 4. The van der Waals surface area contributed by atoms with Crippen LogP contribution in [-0.4, -0.2) is 39.1 Å². The molecule has 2 amide bonds. The van der Waals surface area contributed by atoms with Crippen LogP contribution in [0.5, 0.6) is 5.75 Å². The zero-order valence-corrected chi connectivity index (χ0v) is 10.3. The third-order valence-corrected chi connectivity index (χ3v) is 2.97. The third kappa shape index (κ3) is 2.02. The molecule has 6 nitrogen and oxygen atoms in total. The normalized spacial score (nSPS) is 13.9. The van der Waals surface area contributed by atoms with Crippen LogP contribution < -0.4 is 20.3 Å². The van der Waals surface area contributed by atoms with Gasteiger partial charge in [-0.25, -0.2) is 0 Å². The fraction of sp³-hybridized carbons (Fsp3) is 0.333. The molecule has 0 unspecified atom stereocenters. The molecule has 0 radical (unpaired) electrons. The summed E-state index contributed by atoms with van der Waals surface area (Å²) in [4.78, 5) is 26.0. The van der Waals surface area contributed by atoms with Gasteiger partial charge >= 0.3 is 0 Å². The lowest BCUT2D eigenvalue weighted by Gasteiger charge is -2.27. The Kier molecular flexibility index (Phi) is 3.20. The summed E-state index contributed by atoms with van der Waals surface area (Å²) >= 11 is 0. The predicted molar refractivity (Wildman–Crippen MR) is 67.8 cm³/mol. The van der Waals surface area contributed by atoms with Crippen LogP contribution >= 0.6 is 0 Å². The number of fused-ring (bicyclic) bond motifs is 1. The van der Waals surface area contributed by atoms with E-state index in [0.29, 0.717) is 17.1 Å². The first-order valence-corrected chi connectivity index (χ1v) is 5.54. The largest absolute Gasteiger partial charge is 0.482 e. The SMILES string of the molecule is CN(C(=O)CN)c1ccc2c(c1)N(C)C(=O)CO2. The van der Waals surface area contributed by atoms with Crippen molar-refractivity contribution in [1.29, 1.82) is 0 Å². The summed E-state index contributed by atoms with van der Waals surface area (Å²) in [6.07, 6.45) is 0. The van der Waals surface area contributed by atoms with E-state index in [1.165, 1.54) is 9.80 Å². The number of nitrogens with two attached hydrogens (primary N) is 1. The maximum absolute atomic E-state index is 11.5. The van der Waals surface area contributed by atoms with Crippen LogP contribution in [-0.2, 0) is 9.59 Å². The van der Waals surface area contributed by atoms with E-state index in [2.05, 4.69) is 0 Å². The third-order valence-electron chi connectivity index (χ3n) is 2.97. The molecule has 1 aromatic rings. The van der Waals surface area contributed by atoms with Crippen molar-refractivity contribution in [3.05, 3.63) is 18.2 Å². The number of benzene rings is 1. The molecule has 18 heavy (non-hydrogen) atoms. The van der Waals surface area contributed by atoms with Gasteiger partial charge in [0.05, 0.1) is 12.2 Å². The number of rotatable bonds is 2. The van der Waals surface area contributed by atoms with E-state index >= 15 is 0 Å². The van der Waals surface area contributed by atoms with Crippen LogP contribution in [0.15, 0.2) is 18.2 Å². The predicted octanol–water partition coefficient (Wildman–Crippen LogP) is -0.0367. The zero-order valence-electron chi connectivity index (χ0n) is 10.3. The fourth-order valence-electron chi connectivity index (χ4n) is 1.75.